The van der Waals surface area contributed by atoms with Crippen LogP contribution in [0, 0.1) is 5.82 Å². The Kier molecular flexibility index (Phi) is 8.46. The first kappa shape index (κ1) is 24.4. The average molecular weight is 475 g/mol. The van der Waals surface area contributed by atoms with E-state index in [0.717, 1.165) is 44.1 Å². The number of halogens is 1. The lowest BCUT2D eigenvalue weighted by molar-refractivity contribution is -0.116. The van der Waals surface area contributed by atoms with Crippen molar-refractivity contribution in [3.63, 3.8) is 0 Å². The van der Waals surface area contributed by atoms with Gasteiger partial charge < -0.3 is 15.5 Å². The Morgan fingerprint density at radius 2 is 1.51 bits per heavy atom. The summed E-state index contributed by atoms with van der Waals surface area (Å²) in [7, 11) is 0. The highest BCUT2D eigenvalue weighted by atomic mass is 19.1. The van der Waals surface area contributed by atoms with Crippen molar-refractivity contribution < 1.29 is 14.0 Å². The zero-order valence-electron chi connectivity index (χ0n) is 19.8. The number of piperazine rings is 1. The molecule has 2 amide bonds. The van der Waals surface area contributed by atoms with Gasteiger partial charge in [-0.15, -0.1) is 0 Å². The molecule has 0 aliphatic carbocycles. The topological polar surface area (TPSA) is 64.7 Å². The Morgan fingerprint density at radius 1 is 0.829 bits per heavy atom. The number of nitrogens with zero attached hydrogens (tertiary/aromatic N) is 2. The summed E-state index contributed by atoms with van der Waals surface area (Å²) in [6.45, 7) is 5.34. The van der Waals surface area contributed by atoms with Gasteiger partial charge in [-0.1, -0.05) is 30.3 Å². The van der Waals surface area contributed by atoms with Gasteiger partial charge in [0.1, 0.15) is 5.82 Å². The van der Waals surface area contributed by atoms with Crippen molar-refractivity contribution in [1.82, 2.24) is 10.2 Å². The van der Waals surface area contributed by atoms with E-state index in [1.54, 1.807) is 0 Å². The maximum absolute atomic E-state index is 12.9. The number of hydrogen-bond acceptors (Lipinski definition) is 4. The molecule has 3 aromatic carbocycles. The molecule has 4 rings (SSSR count). The van der Waals surface area contributed by atoms with Gasteiger partial charge in [-0.05, 0) is 60.5 Å². The van der Waals surface area contributed by atoms with E-state index in [2.05, 4.69) is 44.7 Å². The quantitative estimate of drug-likeness (QED) is 0.454. The second-order valence-corrected chi connectivity index (χ2v) is 8.71. The highest BCUT2D eigenvalue weighted by Crippen LogP contribution is 2.20. The van der Waals surface area contributed by atoms with Crippen LogP contribution in [0.4, 0.5) is 15.8 Å². The Hall–Kier alpha value is -3.71. The van der Waals surface area contributed by atoms with E-state index in [4.69, 9.17) is 0 Å². The molecule has 3 aromatic rings. The van der Waals surface area contributed by atoms with Gasteiger partial charge in [0, 0.05) is 62.6 Å². The van der Waals surface area contributed by atoms with Crippen LogP contribution in [-0.2, 0) is 11.3 Å². The van der Waals surface area contributed by atoms with E-state index in [-0.39, 0.29) is 17.6 Å². The molecule has 2 N–H and O–H groups in total. The Balaban J connectivity index is 1.15. The standard InChI is InChI=1S/C28H31FN4O2/c29-24-10-8-23(9-11-24)28(35)30-16-4-7-27(34)31-25-12-14-26(15-13-25)33-19-17-32(18-20-33)21-22-5-2-1-3-6-22/h1-3,5-6,8-15H,4,7,16-21H2,(H,30,35)(H,31,34). The Bertz CT molecular complexity index is 1100. The molecule has 1 aliphatic heterocycles. The molecule has 1 saturated heterocycles. The number of hydrogen-bond donors (Lipinski definition) is 2. The van der Waals surface area contributed by atoms with Crippen molar-refractivity contribution in [1.29, 1.82) is 0 Å². The number of rotatable bonds is 9. The molecule has 0 bridgehead atoms. The third-order valence-electron chi connectivity index (χ3n) is 6.11. The SMILES string of the molecule is O=C(CCCNC(=O)c1ccc(F)cc1)Nc1ccc(N2CCN(Cc3ccccc3)CC2)cc1. The molecule has 0 spiro atoms. The van der Waals surface area contributed by atoms with E-state index in [0.29, 0.717) is 24.9 Å². The summed E-state index contributed by atoms with van der Waals surface area (Å²) >= 11 is 0. The van der Waals surface area contributed by atoms with Gasteiger partial charge in [0.2, 0.25) is 5.91 Å². The van der Waals surface area contributed by atoms with Gasteiger partial charge in [0.25, 0.3) is 5.91 Å². The first-order valence-electron chi connectivity index (χ1n) is 12.0. The lowest BCUT2D eigenvalue weighted by atomic mass is 10.2. The van der Waals surface area contributed by atoms with Crippen LogP contribution in [0.25, 0.3) is 0 Å². The Labute approximate surface area is 205 Å². The zero-order valence-corrected chi connectivity index (χ0v) is 19.8. The minimum Gasteiger partial charge on any atom is -0.369 e. The third-order valence-corrected chi connectivity index (χ3v) is 6.11. The van der Waals surface area contributed by atoms with Crippen LogP contribution < -0.4 is 15.5 Å². The molecule has 6 nitrogen and oxygen atoms in total. The van der Waals surface area contributed by atoms with Gasteiger partial charge in [-0.3, -0.25) is 14.5 Å². The molecule has 0 aromatic heterocycles. The number of carbonyl (C=O) groups is 2. The van der Waals surface area contributed by atoms with E-state index in [1.807, 2.05) is 30.3 Å². The number of amides is 2. The predicted octanol–water partition coefficient (Wildman–Crippen LogP) is 4.30. The maximum atomic E-state index is 12.9. The van der Waals surface area contributed by atoms with E-state index in [9.17, 15) is 14.0 Å². The van der Waals surface area contributed by atoms with Crippen LogP contribution in [0.3, 0.4) is 0 Å². The summed E-state index contributed by atoms with van der Waals surface area (Å²) < 4.78 is 12.9. The van der Waals surface area contributed by atoms with Gasteiger partial charge in [0.05, 0.1) is 0 Å². The lowest BCUT2D eigenvalue weighted by Crippen LogP contribution is -2.45. The minimum absolute atomic E-state index is 0.0942. The molecule has 182 valence electrons. The minimum atomic E-state index is -0.382. The highest BCUT2D eigenvalue weighted by Gasteiger charge is 2.17. The van der Waals surface area contributed by atoms with Crippen LogP contribution >= 0.6 is 0 Å². The third kappa shape index (κ3) is 7.39. The molecule has 1 fully saturated rings. The zero-order chi connectivity index (χ0) is 24.5. The average Bonchev–Trinajstić information content (AvgIpc) is 2.88. The maximum Gasteiger partial charge on any atom is 0.251 e. The van der Waals surface area contributed by atoms with Gasteiger partial charge in [0.15, 0.2) is 0 Å². The van der Waals surface area contributed by atoms with Crippen molar-refractivity contribution in [3.05, 3.63) is 95.8 Å². The number of anilines is 2. The van der Waals surface area contributed by atoms with Crippen molar-refractivity contribution >= 4 is 23.2 Å². The smallest absolute Gasteiger partial charge is 0.251 e. The lowest BCUT2D eigenvalue weighted by Gasteiger charge is -2.36. The molecule has 1 aliphatic rings. The summed E-state index contributed by atoms with van der Waals surface area (Å²) in [4.78, 5) is 29.1. The van der Waals surface area contributed by atoms with Gasteiger partial charge in [-0.2, -0.15) is 0 Å². The first-order chi connectivity index (χ1) is 17.1. The van der Waals surface area contributed by atoms with Gasteiger partial charge in [-0.25, -0.2) is 4.39 Å². The number of benzene rings is 3. The summed E-state index contributed by atoms with van der Waals surface area (Å²) in [6.07, 6.45) is 0.818. The van der Waals surface area contributed by atoms with E-state index < -0.39 is 0 Å². The number of carbonyl (C=O) groups excluding carboxylic acids is 2. The van der Waals surface area contributed by atoms with Crippen LogP contribution in [0.5, 0.6) is 0 Å². The van der Waals surface area contributed by atoms with Crippen molar-refractivity contribution in [3.8, 4) is 0 Å². The molecular weight excluding hydrogens is 443 g/mol. The van der Waals surface area contributed by atoms with Crippen LogP contribution in [0.1, 0.15) is 28.8 Å². The second kappa shape index (κ2) is 12.1. The van der Waals surface area contributed by atoms with Crippen molar-refractivity contribution in [2.24, 2.45) is 0 Å². The molecule has 0 radical (unpaired) electrons. The monoisotopic (exact) mass is 474 g/mol. The molecule has 35 heavy (non-hydrogen) atoms. The van der Waals surface area contributed by atoms with Crippen LogP contribution in [0.2, 0.25) is 0 Å². The molecule has 0 atom stereocenters. The van der Waals surface area contributed by atoms with Gasteiger partial charge >= 0.3 is 0 Å². The summed E-state index contributed by atoms with van der Waals surface area (Å²) in [5.74, 6) is -0.752. The summed E-state index contributed by atoms with van der Waals surface area (Å²) in [6, 6.07) is 23.9. The van der Waals surface area contributed by atoms with Crippen LogP contribution in [-0.4, -0.2) is 49.4 Å². The summed E-state index contributed by atoms with van der Waals surface area (Å²) in [5, 5.41) is 5.66. The Morgan fingerprint density at radius 3 is 2.20 bits per heavy atom. The largest absolute Gasteiger partial charge is 0.369 e. The fourth-order valence-corrected chi connectivity index (χ4v) is 4.14. The first-order valence-corrected chi connectivity index (χ1v) is 12.0. The fraction of sp³-hybridized carbons (Fsp3) is 0.286. The highest BCUT2D eigenvalue weighted by molar-refractivity contribution is 5.94. The predicted molar refractivity (Wildman–Crippen MR) is 137 cm³/mol. The molecule has 1 heterocycles. The normalized spacial score (nSPS) is 13.9. The molecular formula is C28H31FN4O2. The molecule has 0 saturated carbocycles. The van der Waals surface area contributed by atoms with Crippen molar-refractivity contribution in [2.45, 2.75) is 19.4 Å². The molecule has 0 unspecified atom stereocenters. The summed E-state index contributed by atoms with van der Waals surface area (Å²) in [5.41, 5.74) is 3.66. The number of nitrogens with one attached hydrogen (secondary N) is 2. The van der Waals surface area contributed by atoms with Crippen LogP contribution in [0.15, 0.2) is 78.9 Å². The fourth-order valence-electron chi connectivity index (χ4n) is 4.14. The van der Waals surface area contributed by atoms with E-state index >= 15 is 0 Å². The van der Waals surface area contributed by atoms with E-state index in [1.165, 1.54) is 29.8 Å². The second-order valence-electron chi connectivity index (χ2n) is 8.71. The van der Waals surface area contributed by atoms with Crippen molar-refractivity contribution in [2.75, 3.05) is 42.9 Å². The molecule has 7 heteroatoms.